The Labute approximate surface area is 230 Å². The Morgan fingerprint density at radius 1 is 1.00 bits per heavy atom. The van der Waals surface area contributed by atoms with Crippen LogP contribution >= 0.6 is 0 Å². The van der Waals surface area contributed by atoms with Crippen LogP contribution in [-0.4, -0.2) is 59.1 Å². The van der Waals surface area contributed by atoms with Gasteiger partial charge in [-0.05, 0) is 55.3 Å². The molecule has 0 spiro atoms. The summed E-state index contributed by atoms with van der Waals surface area (Å²) in [5.74, 6) is 5.59. The van der Waals surface area contributed by atoms with Gasteiger partial charge >= 0.3 is 6.18 Å². The normalized spacial score (nSPS) is 14.5. The lowest BCUT2D eigenvalue weighted by atomic mass is 10.0. The molecule has 0 radical (unpaired) electrons. The molecule has 204 valence electrons. The molecule has 6 nitrogen and oxygen atoms in total. The highest BCUT2D eigenvalue weighted by molar-refractivity contribution is 6.04. The van der Waals surface area contributed by atoms with Gasteiger partial charge in [-0.3, -0.25) is 9.69 Å². The van der Waals surface area contributed by atoms with Crippen LogP contribution in [0, 0.1) is 18.8 Å². The van der Waals surface area contributed by atoms with Gasteiger partial charge in [0.1, 0.15) is 5.69 Å². The monoisotopic (exact) mass is 543 g/mol. The predicted octanol–water partition coefficient (Wildman–Crippen LogP) is 5.36. The zero-order chi connectivity index (χ0) is 28.3. The van der Waals surface area contributed by atoms with Gasteiger partial charge < -0.3 is 10.2 Å². The van der Waals surface area contributed by atoms with E-state index in [2.05, 4.69) is 32.3 Å². The van der Waals surface area contributed by atoms with Gasteiger partial charge in [0, 0.05) is 60.3 Å². The highest BCUT2D eigenvalue weighted by Gasteiger charge is 2.34. The number of alkyl halides is 3. The van der Waals surface area contributed by atoms with Crippen LogP contribution in [-0.2, 0) is 12.7 Å². The van der Waals surface area contributed by atoms with Gasteiger partial charge in [-0.15, -0.1) is 5.10 Å². The highest BCUT2D eigenvalue weighted by Crippen LogP contribution is 2.34. The smallest absolute Gasteiger partial charge is 0.322 e. The summed E-state index contributed by atoms with van der Waals surface area (Å²) in [4.78, 5) is 17.2. The number of benzene rings is 3. The molecule has 1 fully saturated rings. The minimum Gasteiger partial charge on any atom is -0.322 e. The number of carbonyl (C=O) groups excluding carboxylic acids is 1. The first-order chi connectivity index (χ1) is 19.2. The summed E-state index contributed by atoms with van der Waals surface area (Å²) in [5, 5.41) is 12.6. The van der Waals surface area contributed by atoms with E-state index in [1.165, 1.54) is 12.1 Å². The average molecular weight is 544 g/mol. The summed E-state index contributed by atoms with van der Waals surface area (Å²) in [5.41, 5.74) is 1.80. The summed E-state index contributed by atoms with van der Waals surface area (Å²) in [6.45, 7) is 5.12. The Bertz CT molecular complexity index is 1610. The van der Waals surface area contributed by atoms with E-state index in [0.717, 1.165) is 35.5 Å². The highest BCUT2D eigenvalue weighted by atomic mass is 19.4. The van der Waals surface area contributed by atoms with E-state index in [1.54, 1.807) is 24.4 Å². The van der Waals surface area contributed by atoms with Gasteiger partial charge in [-0.1, -0.05) is 42.3 Å². The Balaban J connectivity index is 1.36. The first kappa shape index (κ1) is 27.3. The van der Waals surface area contributed by atoms with Crippen molar-refractivity contribution >= 4 is 22.4 Å². The minimum atomic E-state index is -4.54. The molecule has 0 unspecified atom stereocenters. The number of anilines is 1. The number of likely N-dealkylation sites (N-methyl/N-ethyl adjacent to an activating group) is 1. The summed E-state index contributed by atoms with van der Waals surface area (Å²) in [7, 11) is 2.00. The fraction of sp³-hybridized carbons (Fsp3) is 0.258. The second-order valence-electron chi connectivity index (χ2n) is 9.96. The summed E-state index contributed by atoms with van der Waals surface area (Å²) in [6.07, 6.45) is -2.88. The number of nitrogens with zero attached hydrogens (tertiary/aromatic N) is 4. The van der Waals surface area contributed by atoms with E-state index in [0.29, 0.717) is 24.3 Å². The van der Waals surface area contributed by atoms with Gasteiger partial charge in [-0.25, -0.2) is 0 Å². The van der Waals surface area contributed by atoms with Crippen molar-refractivity contribution in [2.45, 2.75) is 19.6 Å². The minimum absolute atomic E-state index is 0.0821. The molecular weight excluding hydrogens is 515 g/mol. The molecule has 0 saturated carbocycles. The number of fused-ring (bicyclic) bond motifs is 1. The molecule has 1 saturated heterocycles. The fourth-order valence-corrected chi connectivity index (χ4v) is 4.65. The average Bonchev–Trinajstić information content (AvgIpc) is 2.94. The van der Waals surface area contributed by atoms with Gasteiger partial charge in [0.05, 0.1) is 11.8 Å². The van der Waals surface area contributed by atoms with E-state index in [4.69, 9.17) is 0 Å². The Morgan fingerprint density at radius 2 is 1.77 bits per heavy atom. The van der Waals surface area contributed by atoms with Crippen molar-refractivity contribution in [2.24, 2.45) is 0 Å². The maximum atomic E-state index is 14.0. The standard InChI is InChI=1S/C31H28F3N5O/c1-21-7-8-23(17-22(21)10-12-29-27-6-4-3-5-24(27)19-35-37-29)30(40)36-26-11-9-25(28(18-26)31(32,33)34)20-39-15-13-38(2)14-16-39/h3-9,11,17-19H,13-16,20H2,1-2H3,(H,36,40). The lowest BCUT2D eigenvalue weighted by Crippen LogP contribution is -2.44. The van der Waals surface area contributed by atoms with Crippen LogP contribution < -0.4 is 5.32 Å². The van der Waals surface area contributed by atoms with Crippen molar-refractivity contribution in [3.8, 4) is 11.8 Å². The number of amides is 1. The zero-order valence-electron chi connectivity index (χ0n) is 22.2. The number of aromatic nitrogens is 2. The first-order valence-electron chi connectivity index (χ1n) is 12.9. The largest absolute Gasteiger partial charge is 0.416 e. The first-order valence-corrected chi connectivity index (χ1v) is 12.9. The van der Waals surface area contributed by atoms with Crippen LogP contribution in [0.4, 0.5) is 18.9 Å². The Morgan fingerprint density at radius 3 is 2.55 bits per heavy atom. The van der Waals surface area contributed by atoms with Crippen molar-refractivity contribution in [1.82, 2.24) is 20.0 Å². The lowest BCUT2D eigenvalue weighted by molar-refractivity contribution is -0.138. The van der Waals surface area contributed by atoms with Crippen molar-refractivity contribution in [3.05, 3.63) is 100 Å². The van der Waals surface area contributed by atoms with E-state index in [9.17, 15) is 18.0 Å². The van der Waals surface area contributed by atoms with Crippen LogP contribution in [0.15, 0.2) is 66.9 Å². The van der Waals surface area contributed by atoms with Crippen LogP contribution in [0.25, 0.3) is 10.8 Å². The topological polar surface area (TPSA) is 61.4 Å². The van der Waals surface area contributed by atoms with Crippen molar-refractivity contribution in [1.29, 1.82) is 0 Å². The van der Waals surface area contributed by atoms with Crippen LogP contribution in [0.5, 0.6) is 0 Å². The third-order valence-corrected chi connectivity index (χ3v) is 7.05. The Hall–Kier alpha value is -4.26. The Kier molecular flexibility index (Phi) is 7.83. The molecule has 0 atom stereocenters. The maximum Gasteiger partial charge on any atom is 0.416 e. The molecule has 0 bridgehead atoms. The van der Waals surface area contributed by atoms with Crippen molar-refractivity contribution in [3.63, 3.8) is 0 Å². The van der Waals surface area contributed by atoms with Gasteiger partial charge in [0.15, 0.2) is 0 Å². The fourth-order valence-electron chi connectivity index (χ4n) is 4.65. The molecular formula is C31H28F3N5O. The number of hydrogen-bond donors (Lipinski definition) is 1. The number of halogens is 3. The van der Waals surface area contributed by atoms with Crippen LogP contribution in [0.1, 0.15) is 38.3 Å². The molecule has 9 heteroatoms. The van der Waals surface area contributed by atoms with E-state index in [1.807, 2.05) is 43.1 Å². The van der Waals surface area contributed by atoms with Crippen LogP contribution in [0.3, 0.4) is 0 Å². The van der Waals surface area contributed by atoms with Crippen molar-refractivity contribution < 1.29 is 18.0 Å². The van der Waals surface area contributed by atoms with E-state index >= 15 is 0 Å². The second kappa shape index (κ2) is 11.5. The molecule has 1 aromatic heterocycles. The van der Waals surface area contributed by atoms with Gasteiger partial charge in [0.25, 0.3) is 5.91 Å². The van der Waals surface area contributed by atoms with E-state index in [-0.39, 0.29) is 23.4 Å². The van der Waals surface area contributed by atoms with Gasteiger partial charge in [-0.2, -0.15) is 18.3 Å². The molecule has 1 aliphatic heterocycles. The number of nitrogens with one attached hydrogen (secondary N) is 1. The quantitative estimate of drug-likeness (QED) is 0.352. The zero-order valence-corrected chi connectivity index (χ0v) is 22.2. The maximum absolute atomic E-state index is 14.0. The summed E-state index contributed by atoms with van der Waals surface area (Å²) >= 11 is 0. The third kappa shape index (κ3) is 6.30. The molecule has 1 N–H and O–H groups in total. The predicted molar refractivity (Wildman–Crippen MR) is 149 cm³/mol. The second-order valence-corrected chi connectivity index (χ2v) is 9.96. The number of piperazine rings is 1. The number of carbonyl (C=O) groups is 1. The third-order valence-electron chi connectivity index (χ3n) is 7.05. The SMILES string of the molecule is Cc1ccc(C(=O)Nc2ccc(CN3CCN(C)CC3)c(C(F)(F)F)c2)cc1C#Cc1nncc2ccccc12. The van der Waals surface area contributed by atoms with Crippen LogP contribution in [0.2, 0.25) is 0 Å². The molecule has 40 heavy (non-hydrogen) atoms. The lowest BCUT2D eigenvalue weighted by Gasteiger charge is -2.33. The van der Waals surface area contributed by atoms with Crippen molar-refractivity contribution in [2.75, 3.05) is 38.5 Å². The molecule has 4 aromatic rings. The molecule has 1 aliphatic rings. The number of rotatable bonds is 4. The number of hydrogen-bond acceptors (Lipinski definition) is 5. The van der Waals surface area contributed by atoms with E-state index < -0.39 is 17.6 Å². The number of aryl methyl sites for hydroxylation is 1. The molecule has 3 aromatic carbocycles. The molecule has 0 aliphatic carbocycles. The summed E-state index contributed by atoms with van der Waals surface area (Å²) < 4.78 is 41.9. The summed E-state index contributed by atoms with van der Waals surface area (Å²) in [6, 6.07) is 16.6. The molecule has 2 heterocycles. The molecule has 5 rings (SSSR count). The van der Waals surface area contributed by atoms with Gasteiger partial charge in [0.2, 0.25) is 0 Å². The molecule has 1 amide bonds.